The fraction of sp³-hybridized carbons (Fsp3) is 1.00. The fourth-order valence-corrected chi connectivity index (χ4v) is 1.52. The van der Waals surface area contributed by atoms with Gasteiger partial charge in [0.15, 0.2) is 0 Å². The Kier molecular flexibility index (Phi) is 23.1. The van der Waals surface area contributed by atoms with Gasteiger partial charge in [0.05, 0.1) is 0 Å². The molecule has 0 aromatic heterocycles. The molecule has 1 unspecified atom stereocenters. The Morgan fingerprint density at radius 1 is 0.812 bits per heavy atom. The van der Waals surface area contributed by atoms with Crippen LogP contribution in [0, 0.1) is 5.92 Å². The van der Waals surface area contributed by atoms with E-state index < -0.39 is 0 Å². The van der Waals surface area contributed by atoms with Crippen molar-refractivity contribution >= 4 is 0 Å². The summed E-state index contributed by atoms with van der Waals surface area (Å²) in [6, 6.07) is 0.803. The molecule has 0 aromatic carbocycles. The molecule has 0 bridgehead atoms. The summed E-state index contributed by atoms with van der Waals surface area (Å²) in [6.07, 6.45) is 5.38. The molecule has 1 heteroatoms. The SMILES string of the molecule is CC.CC.CCCC(CCC(C)C)N(C)C. The molecule has 16 heavy (non-hydrogen) atoms. The third kappa shape index (κ3) is 16.4. The first kappa shape index (κ1) is 21.3. The van der Waals surface area contributed by atoms with Crippen LogP contribution >= 0.6 is 0 Å². The van der Waals surface area contributed by atoms with Crippen LogP contribution in [0.4, 0.5) is 0 Å². The Bertz CT molecular complexity index is 97.6. The lowest BCUT2D eigenvalue weighted by Crippen LogP contribution is -2.27. The van der Waals surface area contributed by atoms with Crippen LogP contribution in [0.1, 0.15) is 74.1 Å². The summed E-state index contributed by atoms with van der Waals surface area (Å²) in [5.74, 6) is 0.851. The first-order valence-corrected chi connectivity index (χ1v) is 7.24. The lowest BCUT2D eigenvalue weighted by molar-refractivity contribution is 0.250. The molecule has 0 aliphatic rings. The van der Waals surface area contributed by atoms with Crippen LogP contribution in [0.3, 0.4) is 0 Å². The van der Waals surface area contributed by atoms with Crippen LogP contribution < -0.4 is 0 Å². The highest BCUT2D eigenvalue weighted by molar-refractivity contribution is 4.66. The molecule has 0 fully saturated rings. The smallest absolute Gasteiger partial charge is 0.00891 e. The maximum absolute atomic E-state index is 2.37. The molecule has 0 saturated heterocycles. The van der Waals surface area contributed by atoms with Crippen LogP contribution in [0.2, 0.25) is 0 Å². The Labute approximate surface area is 106 Å². The van der Waals surface area contributed by atoms with Crippen molar-refractivity contribution in [2.75, 3.05) is 14.1 Å². The molecule has 0 spiro atoms. The molecule has 0 rings (SSSR count). The Balaban J connectivity index is -0.000000376. The Hall–Kier alpha value is -0.0400. The zero-order valence-corrected chi connectivity index (χ0v) is 13.4. The molecule has 0 N–H and O–H groups in total. The van der Waals surface area contributed by atoms with Gasteiger partial charge >= 0.3 is 0 Å². The normalized spacial score (nSPS) is 11.4. The molecule has 0 heterocycles. The van der Waals surface area contributed by atoms with E-state index in [9.17, 15) is 0 Å². The van der Waals surface area contributed by atoms with E-state index in [0.717, 1.165) is 12.0 Å². The summed E-state index contributed by atoms with van der Waals surface area (Å²) in [6.45, 7) is 14.9. The number of hydrogen-bond acceptors (Lipinski definition) is 1. The summed E-state index contributed by atoms with van der Waals surface area (Å²) < 4.78 is 0. The quantitative estimate of drug-likeness (QED) is 0.607. The average molecular weight is 231 g/mol. The van der Waals surface area contributed by atoms with Gasteiger partial charge < -0.3 is 4.90 Å². The molecule has 1 nitrogen and oxygen atoms in total. The van der Waals surface area contributed by atoms with Crippen molar-refractivity contribution in [1.82, 2.24) is 4.90 Å². The van der Waals surface area contributed by atoms with Crippen LogP contribution in [0.25, 0.3) is 0 Å². The topological polar surface area (TPSA) is 3.24 Å². The van der Waals surface area contributed by atoms with Crippen molar-refractivity contribution in [3.8, 4) is 0 Å². The maximum Gasteiger partial charge on any atom is 0.00891 e. The minimum atomic E-state index is 0.803. The highest BCUT2D eigenvalue weighted by atomic mass is 15.1. The Morgan fingerprint density at radius 3 is 1.50 bits per heavy atom. The van der Waals surface area contributed by atoms with Crippen molar-refractivity contribution in [2.24, 2.45) is 5.92 Å². The summed E-state index contributed by atoms with van der Waals surface area (Å²) in [7, 11) is 4.39. The van der Waals surface area contributed by atoms with Gasteiger partial charge in [0.2, 0.25) is 0 Å². The zero-order chi connectivity index (χ0) is 13.6. The highest BCUT2D eigenvalue weighted by Gasteiger charge is 2.10. The molecule has 0 aliphatic carbocycles. The molecule has 0 amide bonds. The van der Waals surface area contributed by atoms with Crippen molar-refractivity contribution in [3.63, 3.8) is 0 Å². The third-order valence-electron chi connectivity index (χ3n) is 2.43. The second-order valence-corrected chi connectivity index (χ2v) is 4.38. The number of hydrogen-bond donors (Lipinski definition) is 0. The van der Waals surface area contributed by atoms with E-state index in [4.69, 9.17) is 0 Å². The van der Waals surface area contributed by atoms with E-state index in [1.54, 1.807) is 0 Å². The fourth-order valence-electron chi connectivity index (χ4n) is 1.52. The number of rotatable bonds is 6. The van der Waals surface area contributed by atoms with Gasteiger partial charge in [0, 0.05) is 6.04 Å². The largest absolute Gasteiger partial charge is 0.306 e. The van der Waals surface area contributed by atoms with Gasteiger partial charge in [-0.15, -0.1) is 0 Å². The number of nitrogens with zero attached hydrogens (tertiary/aromatic N) is 1. The van der Waals surface area contributed by atoms with Crippen LogP contribution in [-0.2, 0) is 0 Å². The summed E-state index contributed by atoms with van der Waals surface area (Å²) in [5, 5.41) is 0. The monoisotopic (exact) mass is 231 g/mol. The van der Waals surface area contributed by atoms with E-state index in [2.05, 4.69) is 39.8 Å². The molecule has 0 aromatic rings. The van der Waals surface area contributed by atoms with Gasteiger partial charge in [-0.05, 0) is 39.3 Å². The van der Waals surface area contributed by atoms with Crippen molar-refractivity contribution in [3.05, 3.63) is 0 Å². The lowest BCUT2D eigenvalue weighted by Gasteiger charge is -2.24. The molecular formula is C15H37N. The third-order valence-corrected chi connectivity index (χ3v) is 2.43. The molecule has 1 atom stereocenters. The summed E-state index contributed by atoms with van der Waals surface area (Å²) in [4.78, 5) is 2.37. The van der Waals surface area contributed by atoms with Crippen molar-refractivity contribution in [1.29, 1.82) is 0 Å². The summed E-state index contributed by atoms with van der Waals surface area (Å²) in [5.41, 5.74) is 0. The standard InChI is InChI=1S/C11H25N.2C2H6/c1-6-7-11(12(4)5)9-8-10(2)3;2*1-2/h10-11H,6-9H2,1-5H3;2*1-2H3. The first-order chi connectivity index (χ1) is 7.57. The van der Waals surface area contributed by atoms with E-state index >= 15 is 0 Å². The second kappa shape index (κ2) is 17.4. The molecular weight excluding hydrogens is 194 g/mol. The second-order valence-electron chi connectivity index (χ2n) is 4.38. The first-order valence-electron chi connectivity index (χ1n) is 7.24. The van der Waals surface area contributed by atoms with Crippen LogP contribution in [-0.4, -0.2) is 25.0 Å². The van der Waals surface area contributed by atoms with Gasteiger partial charge in [-0.3, -0.25) is 0 Å². The minimum absolute atomic E-state index is 0.803. The summed E-state index contributed by atoms with van der Waals surface area (Å²) >= 11 is 0. The van der Waals surface area contributed by atoms with Gasteiger partial charge in [0.1, 0.15) is 0 Å². The molecule has 0 aliphatic heterocycles. The molecule has 0 saturated carbocycles. The molecule has 102 valence electrons. The maximum atomic E-state index is 2.37. The minimum Gasteiger partial charge on any atom is -0.306 e. The van der Waals surface area contributed by atoms with Crippen LogP contribution in [0.5, 0.6) is 0 Å². The van der Waals surface area contributed by atoms with Crippen LogP contribution in [0.15, 0.2) is 0 Å². The van der Waals surface area contributed by atoms with E-state index in [0.29, 0.717) is 0 Å². The van der Waals surface area contributed by atoms with E-state index in [1.807, 2.05) is 27.7 Å². The van der Waals surface area contributed by atoms with Gasteiger partial charge in [-0.25, -0.2) is 0 Å². The lowest BCUT2D eigenvalue weighted by atomic mass is 10.00. The van der Waals surface area contributed by atoms with Gasteiger partial charge in [0.25, 0.3) is 0 Å². The predicted molar refractivity (Wildman–Crippen MR) is 79.2 cm³/mol. The van der Waals surface area contributed by atoms with E-state index in [-0.39, 0.29) is 0 Å². The predicted octanol–water partition coefficient (Wildman–Crippen LogP) is 5.21. The average Bonchev–Trinajstić information content (AvgIpc) is 2.29. The Morgan fingerprint density at radius 2 is 1.25 bits per heavy atom. The van der Waals surface area contributed by atoms with Gasteiger partial charge in [-0.1, -0.05) is 54.9 Å². The van der Waals surface area contributed by atoms with Crippen molar-refractivity contribution in [2.45, 2.75) is 80.2 Å². The van der Waals surface area contributed by atoms with Crippen molar-refractivity contribution < 1.29 is 0 Å². The highest BCUT2D eigenvalue weighted by Crippen LogP contribution is 2.13. The molecule has 0 radical (unpaired) electrons. The van der Waals surface area contributed by atoms with E-state index in [1.165, 1.54) is 25.7 Å². The van der Waals surface area contributed by atoms with Gasteiger partial charge in [-0.2, -0.15) is 0 Å². The zero-order valence-electron chi connectivity index (χ0n) is 13.4.